The van der Waals surface area contributed by atoms with Crippen LogP contribution < -0.4 is 0 Å². The van der Waals surface area contributed by atoms with E-state index in [1.807, 2.05) is 0 Å². The maximum atomic E-state index is 13.3. The quantitative estimate of drug-likeness (QED) is 0.809. The van der Waals surface area contributed by atoms with E-state index in [9.17, 15) is 9.18 Å². The number of halogens is 2. The Kier molecular flexibility index (Phi) is 3.99. The highest BCUT2D eigenvalue weighted by atomic mass is 35.5. The minimum absolute atomic E-state index is 0.128. The second-order valence-corrected chi connectivity index (χ2v) is 3.16. The number of carboxylic acids is 1. The molecule has 1 aromatic rings. The third kappa shape index (κ3) is 2.87. The molecule has 1 heterocycles. The maximum absolute atomic E-state index is 13.3. The summed E-state index contributed by atoms with van der Waals surface area (Å²) < 4.78 is 17.9. The minimum atomic E-state index is -1.40. The number of ether oxygens (including phenoxy) is 1. The number of alkyl halides is 1. The summed E-state index contributed by atoms with van der Waals surface area (Å²) in [6.45, 7) is -0.145. The van der Waals surface area contributed by atoms with Crippen molar-refractivity contribution in [2.24, 2.45) is 0 Å². The van der Waals surface area contributed by atoms with E-state index in [0.717, 1.165) is 0 Å². The lowest BCUT2D eigenvalue weighted by Gasteiger charge is -2.08. The van der Waals surface area contributed by atoms with E-state index in [-0.39, 0.29) is 23.0 Å². The first-order valence-electron chi connectivity index (χ1n) is 4.09. The Labute approximate surface area is 90.6 Å². The average molecular weight is 234 g/mol. The first-order valence-corrected chi connectivity index (χ1v) is 4.46. The molecule has 0 aliphatic rings. The monoisotopic (exact) mass is 233 g/mol. The molecule has 0 aliphatic carbocycles. The molecule has 0 spiro atoms. The predicted molar refractivity (Wildman–Crippen MR) is 51.9 cm³/mol. The van der Waals surface area contributed by atoms with Crippen LogP contribution in [0.3, 0.4) is 0 Å². The summed E-state index contributed by atoms with van der Waals surface area (Å²) in [5, 5.41) is 8.45. The first kappa shape index (κ1) is 11.9. The summed E-state index contributed by atoms with van der Waals surface area (Å²) in [5.74, 6) is -1.20. The Morgan fingerprint density at radius 1 is 1.73 bits per heavy atom. The number of aromatic carboxylic acids is 1. The molecule has 15 heavy (non-hydrogen) atoms. The second kappa shape index (κ2) is 5.04. The molecular formula is C9H9ClFNO3. The molecule has 1 rings (SSSR count). The number of methoxy groups -OCH3 is 1. The zero-order chi connectivity index (χ0) is 11.4. The van der Waals surface area contributed by atoms with E-state index >= 15 is 0 Å². The van der Waals surface area contributed by atoms with Crippen molar-refractivity contribution in [3.63, 3.8) is 0 Å². The molecule has 0 bridgehead atoms. The van der Waals surface area contributed by atoms with E-state index in [1.165, 1.54) is 19.2 Å². The van der Waals surface area contributed by atoms with Crippen molar-refractivity contribution in [2.45, 2.75) is 6.17 Å². The lowest BCUT2D eigenvalue weighted by Crippen LogP contribution is -2.06. The van der Waals surface area contributed by atoms with E-state index in [1.54, 1.807) is 0 Å². The number of hydrogen-bond donors (Lipinski definition) is 1. The van der Waals surface area contributed by atoms with Gasteiger partial charge in [-0.1, -0.05) is 17.7 Å². The van der Waals surface area contributed by atoms with Gasteiger partial charge in [0.25, 0.3) is 0 Å². The van der Waals surface area contributed by atoms with Crippen molar-refractivity contribution in [3.05, 3.63) is 28.5 Å². The molecule has 1 atom stereocenters. The molecule has 0 saturated heterocycles. The van der Waals surface area contributed by atoms with Crippen molar-refractivity contribution in [1.29, 1.82) is 0 Å². The van der Waals surface area contributed by atoms with Crippen LogP contribution in [0.1, 0.15) is 22.2 Å². The summed E-state index contributed by atoms with van der Waals surface area (Å²) in [6.07, 6.45) is -1.40. The first-order chi connectivity index (χ1) is 7.06. The Morgan fingerprint density at radius 3 is 2.87 bits per heavy atom. The molecule has 4 nitrogen and oxygen atoms in total. The molecule has 0 aromatic carbocycles. The van der Waals surface area contributed by atoms with Gasteiger partial charge in [0.05, 0.1) is 6.61 Å². The zero-order valence-corrected chi connectivity index (χ0v) is 8.66. The number of carboxylic acid groups (broad SMARTS) is 1. The molecule has 6 heteroatoms. The Hall–Kier alpha value is -1.20. The van der Waals surface area contributed by atoms with Crippen molar-refractivity contribution in [2.75, 3.05) is 13.7 Å². The highest BCUT2D eigenvalue weighted by Gasteiger charge is 2.16. The number of nitrogens with zero attached hydrogens (tertiary/aromatic N) is 1. The van der Waals surface area contributed by atoms with Gasteiger partial charge < -0.3 is 9.84 Å². The zero-order valence-electron chi connectivity index (χ0n) is 7.91. The molecule has 82 valence electrons. The smallest absolute Gasteiger partial charge is 0.354 e. The van der Waals surface area contributed by atoms with Crippen LogP contribution in [-0.2, 0) is 4.74 Å². The molecular weight excluding hydrogens is 225 g/mol. The maximum Gasteiger partial charge on any atom is 0.354 e. The van der Waals surface area contributed by atoms with E-state index < -0.39 is 12.1 Å². The highest BCUT2D eigenvalue weighted by molar-refractivity contribution is 6.30. The molecule has 0 saturated carbocycles. The van der Waals surface area contributed by atoms with Crippen molar-refractivity contribution in [3.8, 4) is 0 Å². The average Bonchev–Trinajstić information content (AvgIpc) is 2.17. The summed E-state index contributed by atoms with van der Waals surface area (Å²) in [5.41, 5.74) is -0.0862. The standard InChI is InChI=1S/C9H9ClFNO3/c1-15-4-6(11)5-2-3-7(9(13)14)12-8(5)10/h2-3,6H,4H2,1H3,(H,13,14). The number of aromatic nitrogens is 1. The van der Waals surface area contributed by atoms with Gasteiger partial charge in [0, 0.05) is 12.7 Å². The molecule has 0 fully saturated rings. The molecule has 1 aromatic heterocycles. The lowest BCUT2D eigenvalue weighted by atomic mass is 10.2. The third-order valence-electron chi connectivity index (χ3n) is 1.75. The Morgan fingerprint density at radius 2 is 2.40 bits per heavy atom. The number of pyridine rings is 1. The summed E-state index contributed by atoms with van der Waals surface area (Å²) in [6, 6.07) is 2.49. The van der Waals surface area contributed by atoms with Crippen LogP contribution in [0.2, 0.25) is 5.15 Å². The van der Waals surface area contributed by atoms with Gasteiger partial charge in [-0.3, -0.25) is 0 Å². The number of carbonyl (C=O) groups is 1. The van der Waals surface area contributed by atoms with E-state index in [2.05, 4.69) is 9.72 Å². The lowest BCUT2D eigenvalue weighted by molar-refractivity contribution is 0.0690. The van der Waals surface area contributed by atoms with Gasteiger partial charge in [-0.05, 0) is 6.07 Å². The third-order valence-corrected chi connectivity index (χ3v) is 2.05. The number of rotatable bonds is 4. The van der Waals surface area contributed by atoms with E-state index in [4.69, 9.17) is 16.7 Å². The molecule has 1 N–H and O–H groups in total. The van der Waals surface area contributed by atoms with Gasteiger partial charge in [-0.25, -0.2) is 14.2 Å². The molecule has 1 unspecified atom stereocenters. The topological polar surface area (TPSA) is 59.4 Å². The van der Waals surface area contributed by atoms with Crippen LogP contribution in [0.5, 0.6) is 0 Å². The van der Waals surface area contributed by atoms with E-state index in [0.29, 0.717) is 0 Å². The van der Waals surface area contributed by atoms with Gasteiger partial charge in [-0.2, -0.15) is 0 Å². The summed E-state index contributed by atoms with van der Waals surface area (Å²) >= 11 is 5.63. The van der Waals surface area contributed by atoms with Gasteiger partial charge in [0.2, 0.25) is 0 Å². The highest BCUT2D eigenvalue weighted by Crippen LogP contribution is 2.24. The van der Waals surface area contributed by atoms with Crippen LogP contribution in [0.25, 0.3) is 0 Å². The van der Waals surface area contributed by atoms with Crippen LogP contribution in [0.15, 0.2) is 12.1 Å². The minimum Gasteiger partial charge on any atom is -0.477 e. The van der Waals surface area contributed by atoms with Gasteiger partial charge in [-0.15, -0.1) is 0 Å². The van der Waals surface area contributed by atoms with Crippen molar-refractivity contribution in [1.82, 2.24) is 4.98 Å². The van der Waals surface area contributed by atoms with Crippen LogP contribution in [0.4, 0.5) is 4.39 Å². The van der Waals surface area contributed by atoms with Gasteiger partial charge in [0.15, 0.2) is 6.17 Å². The summed E-state index contributed by atoms with van der Waals surface area (Å²) in [7, 11) is 1.36. The van der Waals surface area contributed by atoms with Crippen molar-refractivity contribution < 1.29 is 19.0 Å². The van der Waals surface area contributed by atoms with Crippen LogP contribution in [0, 0.1) is 0 Å². The fraction of sp³-hybridized carbons (Fsp3) is 0.333. The predicted octanol–water partition coefficient (Wildman–Crippen LogP) is 2.09. The summed E-state index contributed by atoms with van der Waals surface area (Å²) in [4.78, 5) is 14.1. The van der Waals surface area contributed by atoms with Crippen LogP contribution in [-0.4, -0.2) is 29.8 Å². The Bertz CT molecular complexity index is 372. The fourth-order valence-electron chi connectivity index (χ4n) is 1.03. The van der Waals surface area contributed by atoms with Crippen LogP contribution >= 0.6 is 11.6 Å². The van der Waals surface area contributed by atoms with Gasteiger partial charge >= 0.3 is 5.97 Å². The molecule has 0 aliphatic heterocycles. The van der Waals surface area contributed by atoms with Crippen molar-refractivity contribution >= 4 is 17.6 Å². The van der Waals surface area contributed by atoms with Gasteiger partial charge in [0.1, 0.15) is 10.8 Å². The molecule has 0 amide bonds. The largest absolute Gasteiger partial charge is 0.477 e. The normalized spacial score (nSPS) is 12.5. The SMILES string of the molecule is COCC(F)c1ccc(C(=O)O)nc1Cl. The number of hydrogen-bond acceptors (Lipinski definition) is 3. The fourth-order valence-corrected chi connectivity index (χ4v) is 1.31. The second-order valence-electron chi connectivity index (χ2n) is 2.80. The molecule has 0 radical (unpaired) electrons. The Balaban J connectivity index is 2.97.